The molecule has 1 aromatic rings. The van der Waals surface area contributed by atoms with Gasteiger partial charge in [0, 0.05) is 22.8 Å². The molecular weight excluding hydrogens is 320 g/mol. The average molecular weight is 346 g/mol. The molecular formula is C18H26N4O3. The van der Waals surface area contributed by atoms with Crippen molar-refractivity contribution < 1.29 is 14.4 Å². The van der Waals surface area contributed by atoms with Crippen LogP contribution >= 0.6 is 0 Å². The van der Waals surface area contributed by atoms with Crippen LogP contribution in [0.5, 0.6) is 0 Å². The SMILES string of the molecule is Cc1ccc(C(=O)NC2CC2)cc1NC(=O)NCC(=O)NC(C)(C)C. The summed E-state index contributed by atoms with van der Waals surface area (Å²) in [4.78, 5) is 35.8. The fourth-order valence-electron chi connectivity index (χ4n) is 2.18. The van der Waals surface area contributed by atoms with Crippen LogP contribution in [0.3, 0.4) is 0 Å². The lowest BCUT2D eigenvalue weighted by atomic mass is 10.1. The van der Waals surface area contributed by atoms with E-state index >= 15 is 0 Å². The Morgan fingerprint density at radius 2 is 1.84 bits per heavy atom. The molecule has 25 heavy (non-hydrogen) atoms. The molecule has 1 saturated carbocycles. The fourth-order valence-corrected chi connectivity index (χ4v) is 2.18. The molecule has 1 aromatic carbocycles. The van der Waals surface area contributed by atoms with Crippen molar-refractivity contribution in [3.8, 4) is 0 Å². The second kappa shape index (κ2) is 7.55. The van der Waals surface area contributed by atoms with E-state index in [4.69, 9.17) is 0 Å². The number of rotatable bonds is 5. The van der Waals surface area contributed by atoms with Crippen LogP contribution in [-0.2, 0) is 4.79 Å². The summed E-state index contributed by atoms with van der Waals surface area (Å²) in [6.45, 7) is 7.32. The van der Waals surface area contributed by atoms with Gasteiger partial charge in [-0.25, -0.2) is 4.79 Å². The van der Waals surface area contributed by atoms with E-state index in [1.165, 1.54) is 0 Å². The van der Waals surface area contributed by atoms with Gasteiger partial charge in [0.1, 0.15) is 0 Å². The maximum absolute atomic E-state index is 12.1. The lowest BCUT2D eigenvalue weighted by Crippen LogP contribution is -2.46. The predicted octanol–water partition coefficient (Wildman–Crippen LogP) is 1.92. The minimum atomic E-state index is -0.494. The standard InChI is InChI=1S/C18H26N4O3/c1-11-5-6-12(16(24)20-13-7-8-13)9-14(11)21-17(25)19-10-15(23)22-18(2,3)4/h5-6,9,13H,7-8,10H2,1-4H3,(H,20,24)(H,22,23)(H2,19,21,25). The zero-order valence-corrected chi connectivity index (χ0v) is 15.2. The third-order valence-corrected chi connectivity index (χ3v) is 3.58. The normalized spacial score (nSPS) is 13.8. The molecule has 7 nitrogen and oxygen atoms in total. The summed E-state index contributed by atoms with van der Waals surface area (Å²) in [6, 6.07) is 4.93. The largest absolute Gasteiger partial charge is 0.350 e. The van der Waals surface area contributed by atoms with Crippen LogP contribution in [0.25, 0.3) is 0 Å². The van der Waals surface area contributed by atoms with E-state index in [2.05, 4.69) is 21.3 Å². The Bertz CT molecular complexity index is 675. The number of hydrogen-bond acceptors (Lipinski definition) is 3. The monoisotopic (exact) mass is 346 g/mol. The molecule has 7 heteroatoms. The van der Waals surface area contributed by atoms with Gasteiger partial charge in [0.2, 0.25) is 5.91 Å². The molecule has 2 rings (SSSR count). The zero-order chi connectivity index (χ0) is 18.6. The lowest BCUT2D eigenvalue weighted by Gasteiger charge is -2.20. The van der Waals surface area contributed by atoms with Gasteiger partial charge >= 0.3 is 6.03 Å². The Kier molecular flexibility index (Phi) is 5.66. The van der Waals surface area contributed by atoms with Gasteiger partial charge in [-0.1, -0.05) is 6.07 Å². The highest BCUT2D eigenvalue weighted by molar-refractivity contribution is 5.98. The van der Waals surface area contributed by atoms with Crippen LogP contribution in [0.2, 0.25) is 0 Å². The first-order chi connectivity index (χ1) is 11.6. The Balaban J connectivity index is 1.91. The molecule has 0 bridgehead atoms. The number of urea groups is 1. The van der Waals surface area contributed by atoms with Crippen LogP contribution in [0.4, 0.5) is 10.5 Å². The Hall–Kier alpha value is -2.57. The maximum Gasteiger partial charge on any atom is 0.319 e. The van der Waals surface area contributed by atoms with Crippen LogP contribution < -0.4 is 21.3 Å². The van der Waals surface area contributed by atoms with Gasteiger partial charge in [0.05, 0.1) is 6.54 Å². The highest BCUT2D eigenvalue weighted by Gasteiger charge is 2.24. The van der Waals surface area contributed by atoms with Gasteiger partial charge in [0.25, 0.3) is 5.91 Å². The van der Waals surface area contributed by atoms with Crippen molar-refractivity contribution in [3.63, 3.8) is 0 Å². The van der Waals surface area contributed by atoms with Crippen LogP contribution in [-0.4, -0.2) is 36.0 Å². The highest BCUT2D eigenvalue weighted by atomic mass is 16.2. The molecule has 0 heterocycles. The summed E-state index contributed by atoms with van der Waals surface area (Å²) in [7, 11) is 0. The van der Waals surface area contributed by atoms with E-state index in [9.17, 15) is 14.4 Å². The number of aryl methyl sites for hydroxylation is 1. The molecule has 0 spiro atoms. The van der Waals surface area contributed by atoms with E-state index in [0.29, 0.717) is 11.3 Å². The predicted molar refractivity (Wildman–Crippen MR) is 96.6 cm³/mol. The molecule has 4 amide bonds. The molecule has 1 aliphatic carbocycles. The highest BCUT2D eigenvalue weighted by Crippen LogP contribution is 2.21. The van der Waals surface area contributed by atoms with Gasteiger partial charge in [-0.05, 0) is 58.2 Å². The van der Waals surface area contributed by atoms with Crippen molar-refractivity contribution in [1.82, 2.24) is 16.0 Å². The zero-order valence-electron chi connectivity index (χ0n) is 15.2. The van der Waals surface area contributed by atoms with E-state index in [1.54, 1.807) is 18.2 Å². The number of amides is 4. The maximum atomic E-state index is 12.1. The molecule has 0 unspecified atom stereocenters. The number of benzene rings is 1. The number of anilines is 1. The average Bonchev–Trinajstić information content (AvgIpc) is 3.29. The smallest absolute Gasteiger partial charge is 0.319 e. The third kappa shape index (κ3) is 6.45. The van der Waals surface area contributed by atoms with Crippen molar-refractivity contribution in [2.75, 3.05) is 11.9 Å². The first-order valence-electron chi connectivity index (χ1n) is 8.41. The molecule has 136 valence electrons. The molecule has 0 aromatic heterocycles. The summed E-state index contributed by atoms with van der Waals surface area (Å²) in [5.41, 5.74) is 1.52. The molecule has 0 aliphatic heterocycles. The number of carbonyl (C=O) groups excluding carboxylic acids is 3. The van der Waals surface area contributed by atoms with E-state index in [0.717, 1.165) is 18.4 Å². The van der Waals surface area contributed by atoms with Gasteiger partial charge < -0.3 is 21.3 Å². The van der Waals surface area contributed by atoms with E-state index in [-0.39, 0.29) is 29.9 Å². The van der Waals surface area contributed by atoms with Crippen molar-refractivity contribution in [3.05, 3.63) is 29.3 Å². The minimum absolute atomic E-state index is 0.121. The van der Waals surface area contributed by atoms with Crippen molar-refractivity contribution in [2.45, 2.75) is 52.1 Å². The fraction of sp³-hybridized carbons (Fsp3) is 0.500. The summed E-state index contributed by atoms with van der Waals surface area (Å²) < 4.78 is 0. The van der Waals surface area contributed by atoms with Gasteiger partial charge in [-0.3, -0.25) is 9.59 Å². The van der Waals surface area contributed by atoms with Gasteiger partial charge in [-0.2, -0.15) is 0 Å². The van der Waals surface area contributed by atoms with Gasteiger partial charge in [-0.15, -0.1) is 0 Å². The van der Waals surface area contributed by atoms with Crippen LogP contribution in [0.15, 0.2) is 18.2 Å². The molecule has 0 radical (unpaired) electrons. The molecule has 0 saturated heterocycles. The molecule has 1 fully saturated rings. The number of carbonyl (C=O) groups is 3. The third-order valence-electron chi connectivity index (χ3n) is 3.58. The van der Waals surface area contributed by atoms with Crippen molar-refractivity contribution in [1.29, 1.82) is 0 Å². The minimum Gasteiger partial charge on any atom is -0.350 e. The molecule has 0 atom stereocenters. The summed E-state index contributed by atoms with van der Waals surface area (Å²) >= 11 is 0. The Morgan fingerprint density at radius 3 is 2.44 bits per heavy atom. The lowest BCUT2D eigenvalue weighted by molar-refractivity contribution is -0.121. The first-order valence-corrected chi connectivity index (χ1v) is 8.41. The number of hydrogen-bond donors (Lipinski definition) is 4. The second-order valence-corrected chi connectivity index (χ2v) is 7.38. The summed E-state index contributed by atoms with van der Waals surface area (Å²) in [5.74, 6) is -0.410. The van der Waals surface area contributed by atoms with Gasteiger partial charge in [0.15, 0.2) is 0 Å². The van der Waals surface area contributed by atoms with Crippen molar-refractivity contribution in [2.24, 2.45) is 0 Å². The topological polar surface area (TPSA) is 99.3 Å². The number of nitrogens with one attached hydrogen (secondary N) is 4. The van der Waals surface area contributed by atoms with Crippen molar-refractivity contribution >= 4 is 23.5 Å². The Morgan fingerprint density at radius 1 is 1.16 bits per heavy atom. The van der Waals surface area contributed by atoms with Crippen LogP contribution in [0.1, 0.15) is 49.5 Å². The van der Waals surface area contributed by atoms with E-state index in [1.807, 2.05) is 27.7 Å². The van der Waals surface area contributed by atoms with E-state index < -0.39 is 6.03 Å². The van der Waals surface area contributed by atoms with Crippen LogP contribution in [0, 0.1) is 6.92 Å². The second-order valence-electron chi connectivity index (χ2n) is 7.38. The first kappa shape index (κ1) is 18.8. The summed E-state index contributed by atoms with van der Waals surface area (Å²) in [5, 5.41) is 10.9. The quantitative estimate of drug-likeness (QED) is 0.655. The molecule has 1 aliphatic rings. The summed E-state index contributed by atoms with van der Waals surface area (Å²) in [6.07, 6.45) is 2.03. The molecule has 4 N–H and O–H groups in total. The Labute approximate surface area is 147 Å².